The Hall–Kier alpha value is -3.02. The Morgan fingerprint density at radius 1 is 1.16 bits per heavy atom. The molecule has 1 amide bonds. The number of H-pyrrole nitrogens is 1. The highest BCUT2D eigenvalue weighted by molar-refractivity contribution is 5.98. The molecule has 5 rings (SSSR count). The normalized spacial score (nSPS) is 22.0. The number of hydrogen-bond acceptors (Lipinski definition) is 3. The number of furan rings is 1. The third-order valence-electron chi connectivity index (χ3n) is 7.39. The van der Waals surface area contributed by atoms with Crippen LogP contribution in [0.5, 0.6) is 0 Å². The van der Waals surface area contributed by atoms with Gasteiger partial charge >= 0.3 is 5.97 Å². The van der Waals surface area contributed by atoms with Crippen molar-refractivity contribution in [3.63, 3.8) is 0 Å². The highest BCUT2D eigenvalue weighted by Crippen LogP contribution is 2.39. The van der Waals surface area contributed by atoms with E-state index in [0.29, 0.717) is 24.1 Å². The highest BCUT2D eigenvalue weighted by atomic mass is 16.4. The summed E-state index contributed by atoms with van der Waals surface area (Å²) in [6.07, 6.45) is 9.77. The van der Waals surface area contributed by atoms with Crippen molar-refractivity contribution in [1.82, 2.24) is 9.88 Å². The van der Waals surface area contributed by atoms with Crippen molar-refractivity contribution < 1.29 is 19.1 Å². The summed E-state index contributed by atoms with van der Waals surface area (Å²) >= 11 is 0. The second-order valence-corrected chi connectivity index (χ2v) is 9.39. The van der Waals surface area contributed by atoms with Crippen LogP contribution in [0.2, 0.25) is 0 Å². The second kappa shape index (κ2) is 8.49. The minimum atomic E-state index is -1.08. The van der Waals surface area contributed by atoms with Gasteiger partial charge in [0.1, 0.15) is 5.76 Å². The van der Waals surface area contributed by atoms with E-state index in [1.807, 2.05) is 24.4 Å². The molecule has 32 heavy (non-hydrogen) atoms. The number of nitrogens with one attached hydrogen (secondary N) is 1. The number of aromatic nitrogens is 1. The van der Waals surface area contributed by atoms with E-state index in [4.69, 9.17) is 4.42 Å². The lowest BCUT2D eigenvalue weighted by Crippen LogP contribution is -2.49. The Balaban J connectivity index is 1.42. The Morgan fingerprint density at radius 3 is 2.78 bits per heavy atom. The lowest BCUT2D eigenvalue weighted by molar-refractivity contribution is -0.137. The van der Waals surface area contributed by atoms with Crippen LogP contribution in [0.1, 0.15) is 73.9 Å². The Labute approximate surface area is 187 Å². The lowest BCUT2D eigenvalue weighted by Gasteiger charge is -2.44. The zero-order chi connectivity index (χ0) is 22.2. The van der Waals surface area contributed by atoms with Crippen LogP contribution in [0.15, 0.2) is 40.9 Å². The Kier molecular flexibility index (Phi) is 5.53. The van der Waals surface area contributed by atoms with E-state index in [9.17, 15) is 14.7 Å². The fourth-order valence-corrected chi connectivity index (χ4v) is 5.83. The molecule has 2 aromatic heterocycles. The largest absolute Gasteiger partial charge is 0.475 e. The van der Waals surface area contributed by atoms with Gasteiger partial charge in [-0.3, -0.25) is 4.79 Å². The van der Waals surface area contributed by atoms with Crippen LogP contribution in [-0.4, -0.2) is 39.5 Å². The molecule has 0 spiro atoms. The summed E-state index contributed by atoms with van der Waals surface area (Å²) in [6.45, 7) is 2.99. The first-order valence-corrected chi connectivity index (χ1v) is 11.8. The molecular weight excluding hydrogens is 404 g/mol. The summed E-state index contributed by atoms with van der Waals surface area (Å²) in [5.41, 5.74) is 2.86. The van der Waals surface area contributed by atoms with E-state index in [1.54, 1.807) is 6.07 Å². The molecule has 6 nitrogen and oxygen atoms in total. The summed E-state index contributed by atoms with van der Waals surface area (Å²) < 4.78 is 5.59. The van der Waals surface area contributed by atoms with Gasteiger partial charge in [-0.15, -0.1) is 0 Å². The minimum absolute atomic E-state index is 0.0373. The predicted molar refractivity (Wildman–Crippen MR) is 123 cm³/mol. The number of carboxylic acids is 1. The van der Waals surface area contributed by atoms with Gasteiger partial charge in [0.15, 0.2) is 0 Å². The highest BCUT2D eigenvalue weighted by Gasteiger charge is 2.36. The maximum absolute atomic E-state index is 13.4. The molecular formula is C26H30N2O4. The first-order chi connectivity index (χ1) is 15.5. The Morgan fingerprint density at radius 2 is 1.97 bits per heavy atom. The molecule has 3 heterocycles. The second-order valence-electron chi connectivity index (χ2n) is 9.39. The average molecular weight is 435 g/mol. The number of likely N-dealkylation sites (tertiary alicyclic amines) is 1. The molecule has 3 unspecified atom stereocenters. The van der Waals surface area contributed by atoms with E-state index in [-0.39, 0.29) is 17.6 Å². The predicted octanol–water partition coefficient (Wildman–Crippen LogP) is 5.80. The number of amides is 1. The number of fused-ring (bicyclic) bond motifs is 2. The molecule has 6 heteroatoms. The zero-order valence-electron chi connectivity index (χ0n) is 18.5. The van der Waals surface area contributed by atoms with Gasteiger partial charge in [-0.25, -0.2) is 4.79 Å². The number of piperidine rings is 1. The lowest BCUT2D eigenvalue weighted by atomic mass is 9.78. The maximum atomic E-state index is 13.4. The molecule has 0 bridgehead atoms. The van der Waals surface area contributed by atoms with Gasteiger partial charge in [-0.2, -0.15) is 0 Å². The quantitative estimate of drug-likeness (QED) is 0.531. The van der Waals surface area contributed by atoms with Crippen molar-refractivity contribution >= 4 is 22.8 Å². The number of benzene rings is 1. The smallest absolute Gasteiger partial charge is 0.371 e. The molecule has 1 saturated carbocycles. The SMILES string of the molecule is CC(CC(=O)N1CCCC2CCCCC21)c1c[nH]c2cccc(-c3ccc(C(=O)O)o3)c12. The number of carboxylic acid groups (broad SMARTS) is 1. The van der Waals surface area contributed by atoms with Gasteiger partial charge in [0, 0.05) is 41.7 Å². The molecule has 2 fully saturated rings. The van der Waals surface area contributed by atoms with Crippen LogP contribution in [0.4, 0.5) is 0 Å². The van der Waals surface area contributed by atoms with Crippen molar-refractivity contribution in [2.45, 2.75) is 63.8 Å². The van der Waals surface area contributed by atoms with Crippen LogP contribution < -0.4 is 0 Å². The van der Waals surface area contributed by atoms with Gasteiger partial charge in [0.25, 0.3) is 0 Å². The molecule has 1 aliphatic carbocycles. The van der Waals surface area contributed by atoms with Gasteiger partial charge in [0.2, 0.25) is 11.7 Å². The number of carbonyl (C=O) groups is 2. The summed E-state index contributed by atoms with van der Waals surface area (Å²) in [5, 5.41) is 10.2. The van der Waals surface area contributed by atoms with Crippen LogP contribution in [0.25, 0.3) is 22.2 Å². The fourth-order valence-electron chi connectivity index (χ4n) is 5.83. The summed E-state index contributed by atoms with van der Waals surface area (Å²) in [6, 6.07) is 9.46. The number of rotatable bonds is 5. The average Bonchev–Trinajstić information content (AvgIpc) is 3.46. The van der Waals surface area contributed by atoms with Crippen molar-refractivity contribution in [1.29, 1.82) is 0 Å². The molecule has 3 atom stereocenters. The molecule has 2 N–H and O–H groups in total. The van der Waals surface area contributed by atoms with Gasteiger partial charge in [0.05, 0.1) is 0 Å². The van der Waals surface area contributed by atoms with Crippen LogP contribution >= 0.6 is 0 Å². The number of hydrogen-bond donors (Lipinski definition) is 2. The maximum Gasteiger partial charge on any atom is 0.371 e. The molecule has 1 saturated heterocycles. The van der Waals surface area contributed by atoms with Crippen molar-refractivity contribution in [2.24, 2.45) is 5.92 Å². The topological polar surface area (TPSA) is 86.5 Å². The molecule has 1 aromatic carbocycles. The standard InChI is InChI=1S/C26H30N2O4/c1-16(14-24(29)28-13-5-7-17-6-2-3-10-21(17)28)19-15-27-20-9-4-8-18(25(19)20)22-11-12-23(32-22)26(30)31/h4,8-9,11-12,15-17,21,27H,2-3,5-7,10,13-14H2,1H3,(H,30,31). The van der Waals surface area contributed by atoms with Gasteiger partial charge < -0.3 is 19.4 Å². The van der Waals surface area contributed by atoms with E-state index in [2.05, 4.69) is 16.8 Å². The summed E-state index contributed by atoms with van der Waals surface area (Å²) in [7, 11) is 0. The van der Waals surface area contributed by atoms with Crippen molar-refractivity contribution in [3.8, 4) is 11.3 Å². The Bertz CT molecular complexity index is 1140. The number of carbonyl (C=O) groups excluding carboxylic acids is 1. The van der Waals surface area contributed by atoms with Gasteiger partial charge in [-0.05, 0) is 61.3 Å². The number of aromatic carboxylic acids is 1. The number of aromatic amines is 1. The van der Waals surface area contributed by atoms with E-state index < -0.39 is 5.97 Å². The van der Waals surface area contributed by atoms with Gasteiger partial charge in [-0.1, -0.05) is 31.9 Å². The van der Waals surface area contributed by atoms with Crippen molar-refractivity contribution in [3.05, 3.63) is 47.9 Å². The third kappa shape index (κ3) is 3.72. The first kappa shape index (κ1) is 20.9. The molecule has 1 aliphatic heterocycles. The zero-order valence-corrected chi connectivity index (χ0v) is 18.5. The summed E-state index contributed by atoms with van der Waals surface area (Å²) in [5.74, 6) is 0.332. The monoisotopic (exact) mass is 434 g/mol. The molecule has 2 aliphatic rings. The van der Waals surface area contributed by atoms with Crippen LogP contribution in [-0.2, 0) is 4.79 Å². The van der Waals surface area contributed by atoms with E-state index in [0.717, 1.165) is 41.4 Å². The van der Waals surface area contributed by atoms with Crippen molar-refractivity contribution in [2.75, 3.05) is 6.54 Å². The third-order valence-corrected chi connectivity index (χ3v) is 7.39. The van der Waals surface area contributed by atoms with Crippen LogP contribution in [0, 0.1) is 5.92 Å². The fraction of sp³-hybridized carbons (Fsp3) is 0.462. The first-order valence-electron chi connectivity index (χ1n) is 11.8. The van der Waals surface area contributed by atoms with Crippen LogP contribution in [0.3, 0.4) is 0 Å². The molecule has 3 aromatic rings. The number of nitrogens with zero attached hydrogens (tertiary/aromatic N) is 1. The van der Waals surface area contributed by atoms with E-state index in [1.165, 1.54) is 31.7 Å². The van der Waals surface area contributed by atoms with E-state index >= 15 is 0 Å². The minimum Gasteiger partial charge on any atom is -0.475 e. The summed E-state index contributed by atoms with van der Waals surface area (Å²) in [4.78, 5) is 30.1. The molecule has 0 radical (unpaired) electrons. The molecule has 168 valence electrons.